The summed E-state index contributed by atoms with van der Waals surface area (Å²) in [5, 5.41) is 15.2. The summed E-state index contributed by atoms with van der Waals surface area (Å²) < 4.78 is 1.65. The first-order valence-electron chi connectivity index (χ1n) is 8.77. The highest BCUT2D eigenvalue weighted by Gasteiger charge is 2.21. The predicted octanol–water partition coefficient (Wildman–Crippen LogP) is 5.03. The van der Waals surface area contributed by atoms with Crippen molar-refractivity contribution in [2.24, 2.45) is 0 Å². The molecule has 0 aliphatic rings. The molecule has 5 nitrogen and oxygen atoms in total. The smallest absolute Gasteiger partial charge is 0.357 e. The topological polar surface area (TPSA) is 68.0 Å². The number of carboxylic acid groups (broad SMARTS) is 1. The van der Waals surface area contributed by atoms with E-state index in [1.165, 1.54) is 5.56 Å². The number of rotatable bonds is 4. The van der Waals surface area contributed by atoms with E-state index in [1.807, 2.05) is 31.2 Å². The molecule has 27 heavy (non-hydrogen) atoms. The molecule has 0 unspecified atom stereocenters. The van der Waals surface area contributed by atoms with E-state index in [2.05, 4.69) is 37.1 Å². The van der Waals surface area contributed by atoms with E-state index in [1.54, 1.807) is 16.0 Å². The molecule has 2 aromatic heterocycles. The van der Waals surface area contributed by atoms with E-state index in [0.29, 0.717) is 10.5 Å². The zero-order valence-corrected chi connectivity index (χ0v) is 16.2. The van der Waals surface area contributed by atoms with Gasteiger partial charge in [-0.15, -0.1) is 0 Å². The van der Waals surface area contributed by atoms with Gasteiger partial charge >= 0.3 is 5.97 Å². The molecule has 0 fully saturated rings. The Balaban J connectivity index is 1.93. The lowest BCUT2D eigenvalue weighted by atomic mass is 10.1. The first-order valence-corrected chi connectivity index (χ1v) is 9.59. The molecule has 0 bridgehead atoms. The number of hydrogen-bond donors (Lipinski definition) is 1. The van der Waals surface area contributed by atoms with Crippen molar-refractivity contribution in [1.82, 2.24) is 14.8 Å². The second-order valence-electron chi connectivity index (χ2n) is 6.58. The molecule has 136 valence electrons. The first-order chi connectivity index (χ1) is 13.0. The average molecular weight is 377 g/mol. The Morgan fingerprint density at radius 1 is 1.15 bits per heavy atom. The number of hydrogen-bond acceptors (Lipinski definition) is 4. The Kier molecular flexibility index (Phi) is 4.28. The van der Waals surface area contributed by atoms with Crippen LogP contribution < -0.4 is 0 Å². The van der Waals surface area contributed by atoms with E-state index >= 15 is 0 Å². The van der Waals surface area contributed by atoms with Gasteiger partial charge in [-0.05, 0) is 38.5 Å². The first kappa shape index (κ1) is 17.4. The molecule has 0 saturated heterocycles. The summed E-state index contributed by atoms with van der Waals surface area (Å²) in [7, 11) is 0. The van der Waals surface area contributed by atoms with Crippen molar-refractivity contribution in [1.29, 1.82) is 0 Å². The molecular weight excluding hydrogens is 358 g/mol. The maximum atomic E-state index is 11.7. The fourth-order valence-corrected chi connectivity index (χ4v) is 4.21. The maximum Gasteiger partial charge on any atom is 0.357 e. The van der Waals surface area contributed by atoms with E-state index in [0.717, 1.165) is 33.6 Å². The number of carbonyl (C=O) groups is 1. The SMILES string of the molecule is CCc1sc(-n2nc(C(=O)O)c3cc(C)ccc32)nc1-c1cccc(C)c1. The number of aromatic nitrogens is 3. The molecular formula is C21H19N3O2S. The molecule has 0 amide bonds. The van der Waals surface area contributed by atoms with Gasteiger partial charge in [-0.1, -0.05) is 53.7 Å². The summed E-state index contributed by atoms with van der Waals surface area (Å²) in [6.45, 7) is 6.10. The van der Waals surface area contributed by atoms with Crippen molar-refractivity contribution in [3.63, 3.8) is 0 Å². The zero-order valence-electron chi connectivity index (χ0n) is 15.4. The minimum Gasteiger partial charge on any atom is -0.476 e. The quantitative estimate of drug-likeness (QED) is 0.542. The van der Waals surface area contributed by atoms with Crippen LogP contribution in [0.15, 0.2) is 42.5 Å². The minimum absolute atomic E-state index is 0.0547. The van der Waals surface area contributed by atoms with E-state index in [9.17, 15) is 9.90 Å². The second-order valence-corrected chi connectivity index (χ2v) is 7.64. The van der Waals surface area contributed by atoms with Crippen LogP contribution in [-0.4, -0.2) is 25.8 Å². The number of aryl methyl sites for hydroxylation is 3. The molecule has 6 heteroatoms. The number of benzene rings is 2. The summed E-state index contributed by atoms with van der Waals surface area (Å²) in [6.07, 6.45) is 0.852. The van der Waals surface area contributed by atoms with Gasteiger partial charge in [0.2, 0.25) is 5.13 Å². The molecule has 0 atom stereocenters. The van der Waals surface area contributed by atoms with Gasteiger partial charge < -0.3 is 5.11 Å². The van der Waals surface area contributed by atoms with Gasteiger partial charge in [0, 0.05) is 15.8 Å². The number of thiazole rings is 1. The molecule has 4 aromatic rings. The van der Waals surface area contributed by atoms with E-state index in [-0.39, 0.29) is 5.69 Å². The molecule has 1 N–H and O–H groups in total. The van der Waals surface area contributed by atoms with Crippen LogP contribution in [0.4, 0.5) is 0 Å². The number of carboxylic acids is 1. The lowest BCUT2D eigenvalue weighted by molar-refractivity contribution is 0.0692. The minimum atomic E-state index is -1.03. The number of fused-ring (bicyclic) bond motifs is 1. The summed E-state index contributed by atoms with van der Waals surface area (Å²) >= 11 is 1.55. The average Bonchev–Trinajstić information content (AvgIpc) is 3.22. The lowest BCUT2D eigenvalue weighted by Crippen LogP contribution is -2.01. The number of aromatic carboxylic acids is 1. The van der Waals surface area contributed by atoms with Crippen molar-refractivity contribution in [2.45, 2.75) is 27.2 Å². The van der Waals surface area contributed by atoms with Crippen LogP contribution >= 0.6 is 11.3 Å². The van der Waals surface area contributed by atoms with Gasteiger partial charge in [-0.25, -0.2) is 14.5 Å². The maximum absolute atomic E-state index is 11.7. The largest absolute Gasteiger partial charge is 0.476 e. The number of nitrogens with zero attached hydrogens (tertiary/aromatic N) is 3. The van der Waals surface area contributed by atoms with Crippen LogP contribution in [0.5, 0.6) is 0 Å². The van der Waals surface area contributed by atoms with Crippen LogP contribution in [0.1, 0.15) is 33.4 Å². The van der Waals surface area contributed by atoms with Gasteiger partial charge in [0.15, 0.2) is 5.69 Å². The normalized spacial score (nSPS) is 11.2. The van der Waals surface area contributed by atoms with Crippen LogP contribution in [0.2, 0.25) is 0 Å². The van der Waals surface area contributed by atoms with Crippen molar-refractivity contribution >= 4 is 28.2 Å². The summed E-state index contributed by atoms with van der Waals surface area (Å²) in [4.78, 5) is 17.7. The Morgan fingerprint density at radius 3 is 2.63 bits per heavy atom. The molecule has 0 spiro atoms. The second kappa shape index (κ2) is 6.63. The Labute approximate surface area is 160 Å². The summed E-state index contributed by atoms with van der Waals surface area (Å²) in [5.74, 6) is -1.03. The fourth-order valence-electron chi connectivity index (χ4n) is 3.22. The molecule has 2 heterocycles. The summed E-state index contributed by atoms with van der Waals surface area (Å²) in [5.41, 5.74) is 4.99. The van der Waals surface area contributed by atoms with Crippen molar-refractivity contribution in [2.75, 3.05) is 0 Å². The van der Waals surface area contributed by atoms with Crippen molar-refractivity contribution in [3.05, 3.63) is 64.2 Å². The third-order valence-corrected chi connectivity index (χ3v) is 5.69. The Morgan fingerprint density at radius 2 is 1.93 bits per heavy atom. The third-order valence-electron chi connectivity index (χ3n) is 4.52. The highest BCUT2D eigenvalue weighted by atomic mass is 32.1. The fraction of sp³-hybridized carbons (Fsp3) is 0.190. The van der Waals surface area contributed by atoms with E-state index in [4.69, 9.17) is 4.98 Å². The van der Waals surface area contributed by atoms with Gasteiger partial charge in [0.1, 0.15) is 0 Å². The molecule has 2 aromatic carbocycles. The van der Waals surface area contributed by atoms with Gasteiger partial charge in [0.05, 0.1) is 11.2 Å². The van der Waals surface area contributed by atoms with Crippen molar-refractivity contribution < 1.29 is 9.90 Å². The molecule has 0 aliphatic heterocycles. The monoisotopic (exact) mass is 377 g/mol. The van der Waals surface area contributed by atoms with Crippen LogP contribution in [0.25, 0.3) is 27.3 Å². The highest BCUT2D eigenvalue weighted by Crippen LogP contribution is 2.33. The molecule has 0 radical (unpaired) electrons. The third kappa shape index (κ3) is 3.02. The van der Waals surface area contributed by atoms with E-state index < -0.39 is 5.97 Å². The Bertz CT molecular complexity index is 1170. The summed E-state index contributed by atoms with van der Waals surface area (Å²) in [6, 6.07) is 14.0. The zero-order chi connectivity index (χ0) is 19.1. The van der Waals surface area contributed by atoms with Gasteiger partial charge in [-0.2, -0.15) is 5.10 Å². The van der Waals surface area contributed by atoms with Crippen LogP contribution in [-0.2, 0) is 6.42 Å². The molecule has 0 saturated carbocycles. The van der Waals surface area contributed by atoms with Crippen LogP contribution in [0, 0.1) is 13.8 Å². The predicted molar refractivity (Wildman–Crippen MR) is 108 cm³/mol. The Hall–Kier alpha value is -2.99. The molecule has 4 rings (SSSR count). The lowest BCUT2D eigenvalue weighted by Gasteiger charge is -2.01. The van der Waals surface area contributed by atoms with Gasteiger partial charge in [-0.3, -0.25) is 0 Å². The standard InChI is InChI=1S/C21H19N3O2S/c1-4-17-18(14-7-5-6-12(2)10-14)22-21(27-17)24-16-9-8-13(3)11-15(16)19(23-24)20(25)26/h5-11H,4H2,1-3H3,(H,25,26). The van der Waals surface area contributed by atoms with Gasteiger partial charge in [0.25, 0.3) is 0 Å². The van der Waals surface area contributed by atoms with Crippen LogP contribution in [0.3, 0.4) is 0 Å². The highest BCUT2D eigenvalue weighted by molar-refractivity contribution is 7.14. The molecule has 0 aliphatic carbocycles. The van der Waals surface area contributed by atoms with Crippen molar-refractivity contribution in [3.8, 4) is 16.4 Å².